The molecule has 0 aliphatic heterocycles. The number of carboxylic acid groups (broad SMARTS) is 1. The van der Waals surface area contributed by atoms with Crippen LogP contribution in [0.1, 0.15) is 15.9 Å². The Bertz CT molecular complexity index is 659. The molecule has 0 bridgehead atoms. The number of hydrogen-bond acceptors (Lipinski definition) is 2. The van der Waals surface area contributed by atoms with Gasteiger partial charge in [0, 0.05) is 4.47 Å². The fourth-order valence-electron chi connectivity index (χ4n) is 1.59. The first-order chi connectivity index (χ1) is 9.47. The third-order valence-corrected chi connectivity index (χ3v) is 2.99. The molecule has 1 N–H and O–H groups in total. The summed E-state index contributed by atoms with van der Waals surface area (Å²) in [5.74, 6) is -3.40. The van der Waals surface area contributed by atoms with Crippen molar-refractivity contribution >= 4 is 21.9 Å². The van der Waals surface area contributed by atoms with Gasteiger partial charge in [-0.25, -0.2) is 9.18 Å². The summed E-state index contributed by atoms with van der Waals surface area (Å²) in [7, 11) is 0. The lowest BCUT2D eigenvalue weighted by molar-refractivity contribution is 0.0696. The lowest BCUT2D eigenvalue weighted by Gasteiger charge is -2.09. The second-order valence-electron chi connectivity index (χ2n) is 3.99. The highest BCUT2D eigenvalue weighted by molar-refractivity contribution is 9.10. The Labute approximate surface area is 121 Å². The molecular weight excluding hydrogens is 334 g/mol. The van der Waals surface area contributed by atoms with Crippen molar-refractivity contribution in [2.45, 2.75) is 6.61 Å². The molecule has 2 aromatic rings. The predicted molar refractivity (Wildman–Crippen MR) is 71.8 cm³/mol. The zero-order valence-corrected chi connectivity index (χ0v) is 11.7. The van der Waals surface area contributed by atoms with Crippen LogP contribution in [0.3, 0.4) is 0 Å². The fourth-order valence-corrected chi connectivity index (χ4v) is 2.00. The number of halogens is 3. The summed E-state index contributed by atoms with van der Waals surface area (Å²) in [5, 5.41) is 8.85. The molecule has 0 aliphatic rings. The Morgan fingerprint density at radius 2 is 2.00 bits per heavy atom. The van der Waals surface area contributed by atoms with Gasteiger partial charge in [-0.05, 0) is 29.8 Å². The number of rotatable bonds is 4. The highest BCUT2D eigenvalue weighted by Crippen LogP contribution is 2.26. The summed E-state index contributed by atoms with van der Waals surface area (Å²) < 4.78 is 32.2. The number of carboxylic acids is 1. The number of benzene rings is 2. The van der Waals surface area contributed by atoms with E-state index in [4.69, 9.17) is 9.84 Å². The molecule has 2 rings (SSSR count). The van der Waals surface area contributed by atoms with E-state index in [1.165, 1.54) is 18.2 Å². The molecule has 0 aliphatic carbocycles. The Morgan fingerprint density at radius 1 is 1.25 bits per heavy atom. The van der Waals surface area contributed by atoms with Gasteiger partial charge in [-0.2, -0.15) is 4.39 Å². The van der Waals surface area contributed by atoms with Gasteiger partial charge < -0.3 is 9.84 Å². The summed E-state index contributed by atoms with van der Waals surface area (Å²) in [6.45, 7) is -0.0616. The van der Waals surface area contributed by atoms with Gasteiger partial charge in [-0.15, -0.1) is 0 Å². The van der Waals surface area contributed by atoms with E-state index in [1.54, 1.807) is 12.1 Å². The molecule has 0 saturated carbocycles. The largest absolute Gasteiger partial charge is 0.486 e. The fraction of sp³-hybridized carbons (Fsp3) is 0.0714. The Balaban J connectivity index is 2.17. The lowest BCUT2D eigenvalue weighted by Crippen LogP contribution is -2.02. The standard InChI is InChI=1S/C14H9BrF2O3/c15-10-5-11(16)13(17)12(6-10)20-7-8-2-1-3-9(4-8)14(18)19/h1-6H,7H2,(H,18,19). The van der Waals surface area contributed by atoms with E-state index in [1.807, 2.05) is 0 Å². The third kappa shape index (κ3) is 3.33. The van der Waals surface area contributed by atoms with Gasteiger partial charge in [-0.3, -0.25) is 0 Å². The van der Waals surface area contributed by atoms with Crippen LogP contribution in [0.15, 0.2) is 40.9 Å². The summed E-state index contributed by atoms with van der Waals surface area (Å²) in [5.41, 5.74) is 0.650. The molecule has 0 saturated heterocycles. The van der Waals surface area contributed by atoms with Gasteiger partial charge in [0.2, 0.25) is 5.82 Å². The van der Waals surface area contributed by atoms with E-state index in [9.17, 15) is 13.6 Å². The van der Waals surface area contributed by atoms with E-state index < -0.39 is 17.6 Å². The van der Waals surface area contributed by atoms with Crippen molar-refractivity contribution in [1.29, 1.82) is 0 Å². The summed E-state index contributed by atoms with van der Waals surface area (Å²) in [6, 6.07) is 8.34. The topological polar surface area (TPSA) is 46.5 Å². The molecular formula is C14H9BrF2O3. The molecule has 20 heavy (non-hydrogen) atoms. The van der Waals surface area contributed by atoms with Crippen LogP contribution in [0.4, 0.5) is 8.78 Å². The molecule has 0 amide bonds. The highest BCUT2D eigenvalue weighted by Gasteiger charge is 2.12. The van der Waals surface area contributed by atoms with Crippen LogP contribution < -0.4 is 4.74 Å². The van der Waals surface area contributed by atoms with Crippen molar-refractivity contribution < 1.29 is 23.4 Å². The molecule has 0 atom stereocenters. The molecule has 104 valence electrons. The molecule has 0 aromatic heterocycles. The Kier molecular flexibility index (Phi) is 4.34. The van der Waals surface area contributed by atoms with Gasteiger partial charge in [0.15, 0.2) is 11.6 Å². The third-order valence-electron chi connectivity index (χ3n) is 2.53. The quantitative estimate of drug-likeness (QED) is 0.854. The Morgan fingerprint density at radius 3 is 2.70 bits per heavy atom. The number of ether oxygens (including phenoxy) is 1. The van der Waals surface area contributed by atoms with Crippen LogP contribution in [-0.4, -0.2) is 11.1 Å². The zero-order valence-electron chi connectivity index (χ0n) is 10.1. The molecule has 2 aromatic carbocycles. The number of hydrogen-bond donors (Lipinski definition) is 1. The maximum Gasteiger partial charge on any atom is 0.335 e. The molecule has 0 fully saturated rings. The first-order valence-electron chi connectivity index (χ1n) is 5.57. The second kappa shape index (κ2) is 6.00. The average Bonchev–Trinajstić information content (AvgIpc) is 2.41. The first-order valence-corrected chi connectivity index (χ1v) is 6.36. The van der Waals surface area contributed by atoms with Crippen molar-refractivity contribution in [3.63, 3.8) is 0 Å². The van der Waals surface area contributed by atoms with E-state index in [2.05, 4.69) is 15.9 Å². The molecule has 3 nitrogen and oxygen atoms in total. The molecule has 0 heterocycles. The molecule has 6 heteroatoms. The van der Waals surface area contributed by atoms with Crippen molar-refractivity contribution in [2.75, 3.05) is 0 Å². The van der Waals surface area contributed by atoms with Crippen LogP contribution >= 0.6 is 15.9 Å². The van der Waals surface area contributed by atoms with E-state index in [0.29, 0.717) is 10.0 Å². The number of carbonyl (C=O) groups is 1. The van der Waals surface area contributed by atoms with Gasteiger partial charge in [-0.1, -0.05) is 28.1 Å². The molecule has 0 unspecified atom stereocenters. The molecule has 0 spiro atoms. The SMILES string of the molecule is O=C(O)c1cccc(COc2cc(Br)cc(F)c2F)c1. The summed E-state index contributed by atoms with van der Waals surface area (Å²) in [4.78, 5) is 10.8. The summed E-state index contributed by atoms with van der Waals surface area (Å²) in [6.07, 6.45) is 0. The second-order valence-corrected chi connectivity index (χ2v) is 4.91. The zero-order chi connectivity index (χ0) is 14.7. The Hall–Kier alpha value is -1.95. The van der Waals surface area contributed by atoms with Crippen LogP contribution in [0, 0.1) is 11.6 Å². The highest BCUT2D eigenvalue weighted by atomic mass is 79.9. The maximum atomic E-state index is 13.5. The maximum absolute atomic E-state index is 13.5. The minimum absolute atomic E-state index is 0.0616. The van der Waals surface area contributed by atoms with E-state index in [-0.39, 0.29) is 17.9 Å². The van der Waals surface area contributed by atoms with Crippen LogP contribution in [0.25, 0.3) is 0 Å². The van der Waals surface area contributed by atoms with Gasteiger partial charge in [0.25, 0.3) is 0 Å². The predicted octanol–water partition coefficient (Wildman–Crippen LogP) is 4.00. The van der Waals surface area contributed by atoms with Gasteiger partial charge >= 0.3 is 5.97 Å². The minimum atomic E-state index is -1.08. The van der Waals surface area contributed by atoms with E-state index in [0.717, 1.165) is 6.07 Å². The van der Waals surface area contributed by atoms with Gasteiger partial charge in [0.1, 0.15) is 6.61 Å². The minimum Gasteiger partial charge on any atom is -0.486 e. The van der Waals surface area contributed by atoms with Crippen LogP contribution in [0.5, 0.6) is 5.75 Å². The van der Waals surface area contributed by atoms with Crippen LogP contribution in [0.2, 0.25) is 0 Å². The van der Waals surface area contributed by atoms with Crippen molar-refractivity contribution in [3.05, 3.63) is 63.6 Å². The first kappa shape index (κ1) is 14.5. The smallest absolute Gasteiger partial charge is 0.335 e. The van der Waals surface area contributed by atoms with Crippen molar-refractivity contribution in [2.24, 2.45) is 0 Å². The molecule has 0 radical (unpaired) electrons. The monoisotopic (exact) mass is 342 g/mol. The summed E-state index contributed by atoms with van der Waals surface area (Å²) >= 11 is 3.04. The van der Waals surface area contributed by atoms with Crippen molar-refractivity contribution in [1.82, 2.24) is 0 Å². The van der Waals surface area contributed by atoms with Gasteiger partial charge in [0.05, 0.1) is 5.56 Å². The van der Waals surface area contributed by atoms with Crippen LogP contribution in [-0.2, 0) is 6.61 Å². The average molecular weight is 343 g/mol. The lowest BCUT2D eigenvalue weighted by atomic mass is 10.1. The van der Waals surface area contributed by atoms with Crippen molar-refractivity contribution in [3.8, 4) is 5.75 Å². The van der Waals surface area contributed by atoms with E-state index >= 15 is 0 Å². The number of aromatic carboxylic acids is 1. The normalized spacial score (nSPS) is 10.3.